The van der Waals surface area contributed by atoms with Crippen molar-refractivity contribution < 1.29 is 5.11 Å². The van der Waals surface area contributed by atoms with Crippen LogP contribution >= 0.6 is 11.3 Å². The van der Waals surface area contributed by atoms with Crippen LogP contribution in [0.15, 0.2) is 11.4 Å². The van der Waals surface area contributed by atoms with Gasteiger partial charge in [0.25, 0.3) is 0 Å². The zero-order valence-corrected chi connectivity index (χ0v) is 10.8. The fourth-order valence-corrected chi connectivity index (χ4v) is 2.48. The highest BCUT2D eigenvalue weighted by Gasteiger charge is 2.14. The van der Waals surface area contributed by atoms with Gasteiger partial charge in [0.15, 0.2) is 0 Å². The average molecular weight is 227 g/mol. The first-order valence-corrected chi connectivity index (χ1v) is 6.33. The molecule has 1 aromatic rings. The Morgan fingerprint density at radius 2 is 2.07 bits per heavy atom. The Bertz CT molecular complexity index is 294. The first-order chi connectivity index (χ1) is 7.00. The van der Waals surface area contributed by atoms with Gasteiger partial charge in [-0.1, -0.05) is 0 Å². The summed E-state index contributed by atoms with van der Waals surface area (Å²) < 4.78 is 0. The largest absolute Gasteiger partial charge is 0.392 e. The average Bonchev–Trinajstić information content (AvgIpc) is 2.50. The van der Waals surface area contributed by atoms with Gasteiger partial charge in [-0.15, -0.1) is 11.3 Å². The molecule has 0 radical (unpaired) electrons. The van der Waals surface area contributed by atoms with Crippen molar-refractivity contribution in [3.05, 3.63) is 21.9 Å². The number of aliphatic hydroxyl groups is 1. The third kappa shape index (κ3) is 3.93. The van der Waals surface area contributed by atoms with Gasteiger partial charge in [0, 0.05) is 24.0 Å². The van der Waals surface area contributed by atoms with Gasteiger partial charge in [0.05, 0.1) is 6.10 Å². The zero-order valence-electron chi connectivity index (χ0n) is 10.0. The van der Waals surface area contributed by atoms with Crippen LogP contribution in [0.3, 0.4) is 0 Å². The minimum absolute atomic E-state index is 0.257. The van der Waals surface area contributed by atoms with Crippen LogP contribution in [0.5, 0.6) is 0 Å². The lowest BCUT2D eigenvalue weighted by molar-refractivity contribution is 0.103. The van der Waals surface area contributed by atoms with E-state index in [1.165, 1.54) is 10.4 Å². The van der Waals surface area contributed by atoms with Crippen molar-refractivity contribution >= 4 is 11.3 Å². The molecule has 0 aliphatic rings. The quantitative estimate of drug-likeness (QED) is 0.836. The van der Waals surface area contributed by atoms with E-state index in [1.54, 1.807) is 11.3 Å². The molecule has 0 aromatic carbocycles. The Balaban J connectivity index is 2.63. The molecule has 3 heteroatoms. The molecule has 1 rings (SSSR count). The van der Waals surface area contributed by atoms with Gasteiger partial charge in [0.1, 0.15) is 0 Å². The molecule has 1 N–H and O–H groups in total. The van der Waals surface area contributed by atoms with Crippen molar-refractivity contribution in [1.82, 2.24) is 4.90 Å². The Hall–Kier alpha value is -0.380. The summed E-state index contributed by atoms with van der Waals surface area (Å²) in [5.41, 5.74) is 1.36. The van der Waals surface area contributed by atoms with Crippen molar-refractivity contribution in [3.8, 4) is 0 Å². The summed E-state index contributed by atoms with van der Waals surface area (Å²) in [4.78, 5) is 3.72. The van der Waals surface area contributed by atoms with E-state index >= 15 is 0 Å². The Morgan fingerprint density at radius 3 is 2.47 bits per heavy atom. The van der Waals surface area contributed by atoms with Gasteiger partial charge >= 0.3 is 0 Å². The number of thiophene rings is 1. The van der Waals surface area contributed by atoms with Gasteiger partial charge < -0.3 is 5.11 Å². The first-order valence-electron chi connectivity index (χ1n) is 5.45. The number of nitrogens with zero attached hydrogens (tertiary/aromatic N) is 1. The number of hydrogen-bond donors (Lipinski definition) is 1. The van der Waals surface area contributed by atoms with Gasteiger partial charge in [-0.05, 0) is 44.7 Å². The van der Waals surface area contributed by atoms with Gasteiger partial charge in [-0.25, -0.2) is 0 Å². The third-order valence-electron chi connectivity index (χ3n) is 2.54. The third-order valence-corrected chi connectivity index (χ3v) is 3.55. The first kappa shape index (κ1) is 12.7. The molecule has 0 spiro atoms. The smallest absolute Gasteiger partial charge is 0.0639 e. The highest BCUT2D eigenvalue weighted by atomic mass is 32.1. The second-order valence-corrected chi connectivity index (χ2v) is 5.40. The standard InChI is InChI=1S/C12H21NOS/c1-9(2)13(7-11(4)14)8-12-10(3)5-6-15-12/h5-6,9,11,14H,7-8H2,1-4H3. The minimum Gasteiger partial charge on any atom is -0.392 e. The normalized spacial score (nSPS) is 13.8. The molecule has 0 amide bonds. The molecule has 1 heterocycles. The number of aryl methyl sites for hydroxylation is 1. The molecule has 0 aliphatic heterocycles. The maximum Gasteiger partial charge on any atom is 0.0639 e. The van der Waals surface area contributed by atoms with Crippen LogP contribution in [0.25, 0.3) is 0 Å². The predicted octanol–water partition coefficient (Wildman–Crippen LogP) is 2.65. The van der Waals surface area contributed by atoms with E-state index in [9.17, 15) is 5.11 Å². The topological polar surface area (TPSA) is 23.5 Å². The lowest BCUT2D eigenvalue weighted by atomic mass is 10.2. The van der Waals surface area contributed by atoms with Crippen LogP contribution in [-0.2, 0) is 6.54 Å². The maximum absolute atomic E-state index is 9.43. The molecule has 0 aliphatic carbocycles. The van der Waals surface area contributed by atoms with Crippen LogP contribution in [-0.4, -0.2) is 28.7 Å². The molecular formula is C12H21NOS. The monoisotopic (exact) mass is 227 g/mol. The lowest BCUT2D eigenvalue weighted by Gasteiger charge is -2.27. The lowest BCUT2D eigenvalue weighted by Crippen LogP contribution is -2.35. The van der Waals surface area contributed by atoms with Crippen LogP contribution in [0.1, 0.15) is 31.2 Å². The molecule has 15 heavy (non-hydrogen) atoms. The summed E-state index contributed by atoms with van der Waals surface area (Å²) in [6.45, 7) is 10.0. The fourth-order valence-electron chi connectivity index (χ4n) is 1.55. The van der Waals surface area contributed by atoms with Crippen molar-refractivity contribution in [1.29, 1.82) is 0 Å². The van der Waals surface area contributed by atoms with Crippen LogP contribution in [0, 0.1) is 6.92 Å². The Kier molecular flexibility index (Phi) is 4.77. The molecule has 1 aromatic heterocycles. The van der Waals surface area contributed by atoms with Gasteiger partial charge in [0.2, 0.25) is 0 Å². The van der Waals surface area contributed by atoms with Crippen LogP contribution in [0.2, 0.25) is 0 Å². The maximum atomic E-state index is 9.43. The van der Waals surface area contributed by atoms with Crippen LogP contribution in [0.4, 0.5) is 0 Å². The molecule has 0 fully saturated rings. The summed E-state index contributed by atoms with van der Waals surface area (Å²) in [5, 5.41) is 11.6. The van der Waals surface area contributed by atoms with E-state index < -0.39 is 0 Å². The molecule has 0 bridgehead atoms. The van der Waals surface area contributed by atoms with E-state index in [0.717, 1.165) is 13.1 Å². The van der Waals surface area contributed by atoms with Gasteiger partial charge in [-0.2, -0.15) is 0 Å². The molecular weight excluding hydrogens is 206 g/mol. The van der Waals surface area contributed by atoms with Crippen molar-refractivity contribution in [2.75, 3.05) is 6.54 Å². The number of aliphatic hydroxyl groups excluding tert-OH is 1. The highest BCUT2D eigenvalue weighted by Crippen LogP contribution is 2.19. The second kappa shape index (κ2) is 5.64. The van der Waals surface area contributed by atoms with E-state index in [0.29, 0.717) is 6.04 Å². The SMILES string of the molecule is Cc1ccsc1CN(CC(C)O)C(C)C. The molecule has 1 unspecified atom stereocenters. The molecule has 0 saturated carbocycles. The van der Waals surface area contributed by atoms with Crippen LogP contribution < -0.4 is 0 Å². The number of hydrogen-bond acceptors (Lipinski definition) is 3. The van der Waals surface area contributed by atoms with Gasteiger partial charge in [-0.3, -0.25) is 4.90 Å². The molecule has 86 valence electrons. The fraction of sp³-hybridized carbons (Fsp3) is 0.667. The Labute approximate surface area is 96.5 Å². The zero-order chi connectivity index (χ0) is 11.4. The van der Waals surface area contributed by atoms with E-state index in [-0.39, 0.29) is 6.10 Å². The molecule has 0 saturated heterocycles. The van der Waals surface area contributed by atoms with E-state index in [1.807, 2.05) is 6.92 Å². The summed E-state index contributed by atoms with van der Waals surface area (Å²) in [6, 6.07) is 2.63. The van der Waals surface area contributed by atoms with E-state index in [2.05, 4.69) is 37.1 Å². The summed E-state index contributed by atoms with van der Waals surface area (Å²) >= 11 is 1.80. The highest BCUT2D eigenvalue weighted by molar-refractivity contribution is 7.10. The van der Waals surface area contributed by atoms with Crippen molar-refractivity contribution in [3.63, 3.8) is 0 Å². The molecule has 2 nitrogen and oxygen atoms in total. The van der Waals surface area contributed by atoms with Crippen molar-refractivity contribution in [2.24, 2.45) is 0 Å². The number of rotatable bonds is 5. The molecule has 1 atom stereocenters. The summed E-state index contributed by atoms with van der Waals surface area (Å²) in [6.07, 6.45) is -0.257. The summed E-state index contributed by atoms with van der Waals surface area (Å²) in [7, 11) is 0. The van der Waals surface area contributed by atoms with E-state index in [4.69, 9.17) is 0 Å². The predicted molar refractivity (Wildman–Crippen MR) is 66.3 cm³/mol. The minimum atomic E-state index is -0.257. The Morgan fingerprint density at radius 1 is 1.40 bits per heavy atom. The summed E-state index contributed by atoms with van der Waals surface area (Å²) in [5.74, 6) is 0. The second-order valence-electron chi connectivity index (χ2n) is 4.40. The van der Waals surface area contributed by atoms with Crippen molar-refractivity contribution in [2.45, 2.75) is 46.4 Å².